The number of anilines is 1. The summed E-state index contributed by atoms with van der Waals surface area (Å²) >= 11 is 12.1. The lowest BCUT2D eigenvalue weighted by Gasteiger charge is -2.17. The summed E-state index contributed by atoms with van der Waals surface area (Å²) in [4.78, 5) is 18.5. The molecule has 1 aromatic carbocycles. The van der Waals surface area contributed by atoms with Gasteiger partial charge < -0.3 is 4.90 Å². The lowest BCUT2D eigenvalue weighted by Crippen LogP contribution is -2.31. The molecule has 0 radical (unpaired) electrons. The molecule has 0 spiro atoms. The standard InChI is InChI=1S/C16H14Cl2N2O/c1-10-9-20(15-8-19-5-4-13(10)15)16(21)7-11-6-12(17)2-3-14(11)18/h2-6,8,10H,7,9H2,1H3. The van der Waals surface area contributed by atoms with Crippen LogP contribution in [0.5, 0.6) is 0 Å². The first-order chi connectivity index (χ1) is 10.1. The van der Waals surface area contributed by atoms with Gasteiger partial charge in [-0.3, -0.25) is 9.78 Å². The molecule has 0 N–H and O–H groups in total. The van der Waals surface area contributed by atoms with Gasteiger partial charge in [0.15, 0.2) is 0 Å². The minimum Gasteiger partial charge on any atom is -0.310 e. The highest BCUT2D eigenvalue weighted by atomic mass is 35.5. The summed E-state index contributed by atoms with van der Waals surface area (Å²) in [6, 6.07) is 7.15. The molecule has 0 fully saturated rings. The number of benzene rings is 1. The number of fused-ring (bicyclic) bond motifs is 1. The van der Waals surface area contributed by atoms with Gasteiger partial charge in [0.25, 0.3) is 0 Å². The quantitative estimate of drug-likeness (QED) is 0.835. The molecule has 0 saturated carbocycles. The van der Waals surface area contributed by atoms with Crippen molar-refractivity contribution in [3.63, 3.8) is 0 Å². The normalized spacial score (nSPS) is 16.9. The fourth-order valence-corrected chi connectivity index (χ4v) is 3.06. The third-order valence-corrected chi connectivity index (χ3v) is 4.37. The zero-order valence-corrected chi connectivity index (χ0v) is 13.0. The molecule has 0 saturated heterocycles. The summed E-state index contributed by atoms with van der Waals surface area (Å²) < 4.78 is 0. The van der Waals surface area contributed by atoms with E-state index in [1.807, 2.05) is 6.07 Å². The molecule has 1 aromatic heterocycles. The van der Waals surface area contributed by atoms with Crippen molar-refractivity contribution in [3.05, 3.63) is 57.8 Å². The van der Waals surface area contributed by atoms with E-state index in [0.717, 1.165) is 16.8 Å². The van der Waals surface area contributed by atoms with Crippen LogP contribution in [0.1, 0.15) is 24.0 Å². The zero-order chi connectivity index (χ0) is 15.0. The summed E-state index contributed by atoms with van der Waals surface area (Å²) in [6.45, 7) is 2.79. The number of carbonyl (C=O) groups is 1. The van der Waals surface area contributed by atoms with Crippen LogP contribution in [0.4, 0.5) is 5.69 Å². The third-order valence-electron chi connectivity index (χ3n) is 3.76. The van der Waals surface area contributed by atoms with Gasteiger partial charge in [-0.1, -0.05) is 30.1 Å². The number of halogens is 2. The van der Waals surface area contributed by atoms with Crippen LogP contribution in [0.15, 0.2) is 36.7 Å². The van der Waals surface area contributed by atoms with Gasteiger partial charge in [-0.2, -0.15) is 0 Å². The number of nitrogens with zero attached hydrogens (tertiary/aromatic N) is 2. The Balaban J connectivity index is 1.86. The second-order valence-corrected chi connectivity index (χ2v) is 6.10. The number of hydrogen-bond acceptors (Lipinski definition) is 2. The third kappa shape index (κ3) is 2.76. The monoisotopic (exact) mass is 320 g/mol. The van der Waals surface area contributed by atoms with E-state index in [9.17, 15) is 4.79 Å². The molecule has 0 bridgehead atoms. The molecule has 5 heteroatoms. The van der Waals surface area contributed by atoms with Crippen LogP contribution in [0, 0.1) is 0 Å². The number of pyridine rings is 1. The molecule has 3 nitrogen and oxygen atoms in total. The second-order valence-electron chi connectivity index (χ2n) is 5.25. The predicted octanol–water partition coefficient (Wildman–Crippen LogP) is 4.08. The first kappa shape index (κ1) is 14.4. The Morgan fingerprint density at radius 3 is 3.00 bits per heavy atom. The Morgan fingerprint density at radius 2 is 2.19 bits per heavy atom. The van der Waals surface area contributed by atoms with Crippen molar-refractivity contribution in [1.29, 1.82) is 0 Å². The van der Waals surface area contributed by atoms with Crippen molar-refractivity contribution >= 4 is 34.8 Å². The van der Waals surface area contributed by atoms with Crippen LogP contribution in [-0.2, 0) is 11.2 Å². The highest BCUT2D eigenvalue weighted by molar-refractivity contribution is 6.33. The largest absolute Gasteiger partial charge is 0.310 e. The maximum absolute atomic E-state index is 12.6. The number of amides is 1. The minimum absolute atomic E-state index is 0.0118. The summed E-state index contributed by atoms with van der Waals surface area (Å²) in [5, 5.41) is 1.14. The van der Waals surface area contributed by atoms with Crippen LogP contribution in [0.25, 0.3) is 0 Å². The average molecular weight is 321 g/mol. The maximum atomic E-state index is 12.6. The molecule has 1 amide bonds. The lowest BCUT2D eigenvalue weighted by atomic mass is 10.1. The smallest absolute Gasteiger partial charge is 0.231 e. The first-order valence-corrected chi connectivity index (χ1v) is 7.50. The van der Waals surface area contributed by atoms with Crippen molar-refractivity contribution in [1.82, 2.24) is 4.98 Å². The molecule has 3 rings (SSSR count). The second kappa shape index (κ2) is 5.66. The SMILES string of the molecule is CC1CN(C(=O)Cc2cc(Cl)ccc2Cl)c2cnccc21. The summed E-state index contributed by atoms with van der Waals surface area (Å²) in [6.07, 6.45) is 3.74. The van der Waals surface area contributed by atoms with Gasteiger partial charge >= 0.3 is 0 Å². The fraction of sp³-hybridized carbons (Fsp3) is 0.250. The van der Waals surface area contributed by atoms with Gasteiger partial charge in [0, 0.05) is 28.7 Å². The van der Waals surface area contributed by atoms with Crippen LogP contribution >= 0.6 is 23.2 Å². The summed E-state index contributed by atoms with van der Waals surface area (Å²) in [7, 11) is 0. The Kier molecular flexibility index (Phi) is 3.87. The van der Waals surface area contributed by atoms with E-state index in [-0.39, 0.29) is 12.3 Å². The van der Waals surface area contributed by atoms with E-state index in [2.05, 4.69) is 11.9 Å². The molecule has 2 heterocycles. The topological polar surface area (TPSA) is 33.2 Å². The van der Waals surface area contributed by atoms with E-state index in [1.165, 1.54) is 0 Å². The number of aromatic nitrogens is 1. The summed E-state index contributed by atoms with van der Waals surface area (Å²) in [5.41, 5.74) is 2.81. The van der Waals surface area contributed by atoms with Crippen molar-refractivity contribution in [2.24, 2.45) is 0 Å². The predicted molar refractivity (Wildman–Crippen MR) is 85.2 cm³/mol. The van der Waals surface area contributed by atoms with Gasteiger partial charge in [0.05, 0.1) is 18.3 Å². The molecule has 0 aliphatic carbocycles. The minimum atomic E-state index is 0.0118. The van der Waals surface area contributed by atoms with Crippen molar-refractivity contribution in [3.8, 4) is 0 Å². The molecular formula is C16H14Cl2N2O. The van der Waals surface area contributed by atoms with Gasteiger partial charge in [-0.15, -0.1) is 0 Å². The molecule has 2 aromatic rings. The Morgan fingerprint density at radius 1 is 1.38 bits per heavy atom. The van der Waals surface area contributed by atoms with Crippen molar-refractivity contribution in [2.45, 2.75) is 19.3 Å². The molecule has 21 heavy (non-hydrogen) atoms. The first-order valence-electron chi connectivity index (χ1n) is 6.74. The van der Waals surface area contributed by atoms with E-state index in [0.29, 0.717) is 22.5 Å². The number of carbonyl (C=O) groups excluding carboxylic acids is 1. The van der Waals surface area contributed by atoms with Gasteiger partial charge in [0.2, 0.25) is 5.91 Å². The van der Waals surface area contributed by atoms with E-state index in [4.69, 9.17) is 23.2 Å². The van der Waals surface area contributed by atoms with Crippen molar-refractivity contribution in [2.75, 3.05) is 11.4 Å². The van der Waals surface area contributed by atoms with E-state index >= 15 is 0 Å². The molecule has 1 aliphatic rings. The Bertz CT molecular complexity index is 702. The maximum Gasteiger partial charge on any atom is 0.231 e. The molecule has 1 atom stereocenters. The Hall–Kier alpha value is -1.58. The van der Waals surface area contributed by atoms with Gasteiger partial charge in [-0.05, 0) is 35.4 Å². The van der Waals surface area contributed by atoms with Crippen LogP contribution in [-0.4, -0.2) is 17.4 Å². The average Bonchev–Trinajstić information content (AvgIpc) is 2.81. The van der Waals surface area contributed by atoms with Crippen LogP contribution < -0.4 is 4.90 Å². The zero-order valence-electron chi connectivity index (χ0n) is 11.5. The molecule has 108 valence electrons. The van der Waals surface area contributed by atoms with Crippen molar-refractivity contribution < 1.29 is 4.79 Å². The molecular weight excluding hydrogens is 307 g/mol. The number of hydrogen-bond donors (Lipinski definition) is 0. The van der Waals surface area contributed by atoms with E-state index in [1.54, 1.807) is 35.5 Å². The summed E-state index contributed by atoms with van der Waals surface area (Å²) in [5.74, 6) is 0.333. The highest BCUT2D eigenvalue weighted by Crippen LogP contribution is 2.35. The molecule has 1 unspecified atom stereocenters. The Labute approximate surface area is 133 Å². The van der Waals surface area contributed by atoms with Gasteiger partial charge in [-0.25, -0.2) is 0 Å². The fourth-order valence-electron chi connectivity index (χ4n) is 2.68. The van der Waals surface area contributed by atoms with Gasteiger partial charge in [0.1, 0.15) is 0 Å². The highest BCUT2D eigenvalue weighted by Gasteiger charge is 2.29. The van der Waals surface area contributed by atoms with Crippen LogP contribution in [0.2, 0.25) is 10.0 Å². The van der Waals surface area contributed by atoms with E-state index < -0.39 is 0 Å². The number of rotatable bonds is 2. The lowest BCUT2D eigenvalue weighted by molar-refractivity contribution is -0.117. The molecule has 1 aliphatic heterocycles. The van der Waals surface area contributed by atoms with Crippen LogP contribution in [0.3, 0.4) is 0 Å².